The number of halogens is 4. The predicted molar refractivity (Wildman–Crippen MR) is 100 cm³/mol. The lowest BCUT2D eigenvalue weighted by Gasteiger charge is -2.12. The molecule has 1 atom stereocenters. The van der Waals surface area contributed by atoms with Crippen LogP contribution in [0.1, 0.15) is 27.9 Å². The fourth-order valence-corrected chi connectivity index (χ4v) is 3.00. The number of fused-ring (bicyclic) bond motifs is 1. The van der Waals surface area contributed by atoms with Gasteiger partial charge in [-0.2, -0.15) is 18.2 Å². The summed E-state index contributed by atoms with van der Waals surface area (Å²) < 4.78 is 57.3. The molecule has 4 rings (SSSR count). The van der Waals surface area contributed by atoms with Crippen LogP contribution in [0.15, 0.2) is 53.2 Å². The van der Waals surface area contributed by atoms with E-state index in [1.807, 2.05) is 0 Å². The van der Waals surface area contributed by atoms with E-state index in [-0.39, 0.29) is 28.2 Å². The number of aliphatic hydroxyl groups is 1. The lowest BCUT2D eigenvalue weighted by Crippen LogP contribution is -2.31. The van der Waals surface area contributed by atoms with Gasteiger partial charge in [0, 0.05) is 28.2 Å². The number of hydrogen-bond donors (Lipinski definition) is 3. The van der Waals surface area contributed by atoms with Crippen molar-refractivity contribution in [2.45, 2.75) is 12.2 Å². The molecular formula is C20H14F4N4O3. The highest BCUT2D eigenvalue weighted by Gasteiger charge is 2.31. The van der Waals surface area contributed by atoms with Crippen LogP contribution in [0.5, 0.6) is 0 Å². The summed E-state index contributed by atoms with van der Waals surface area (Å²) in [5.41, 5.74) is 0.0237. The second-order valence-electron chi connectivity index (χ2n) is 6.63. The Labute approximate surface area is 171 Å². The molecule has 0 aliphatic carbocycles. The quantitative estimate of drug-likeness (QED) is 0.414. The maximum atomic E-state index is 13.0. The van der Waals surface area contributed by atoms with Crippen LogP contribution in [0.4, 0.5) is 17.6 Å². The van der Waals surface area contributed by atoms with Crippen molar-refractivity contribution in [3.05, 3.63) is 71.5 Å². The fraction of sp³-hybridized carbons (Fsp3) is 0.150. The van der Waals surface area contributed by atoms with E-state index in [0.29, 0.717) is 5.52 Å². The van der Waals surface area contributed by atoms with E-state index in [1.165, 1.54) is 24.4 Å². The maximum Gasteiger partial charge on any atom is 0.416 e. The van der Waals surface area contributed by atoms with Crippen LogP contribution < -0.4 is 5.32 Å². The molecule has 0 saturated heterocycles. The van der Waals surface area contributed by atoms with Gasteiger partial charge in [-0.05, 0) is 42.5 Å². The van der Waals surface area contributed by atoms with Gasteiger partial charge in [0.1, 0.15) is 11.9 Å². The molecule has 0 fully saturated rings. The van der Waals surface area contributed by atoms with Crippen LogP contribution in [0.25, 0.3) is 22.3 Å². The first kappa shape index (κ1) is 20.5. The van der Waals surface area contributed by atoms with Gasteiger partial charge in [-0.25, -0.2) is 4.39 Å². The Morgan fingerprint density at radius 2 is 1.94 bits per heavy atom. The van der Waals surface area contributed by atoms with Crippen molar-refractivity contribution in [1.29, 1.82) is 0 Å². The lowest BCUT2D eigenvalue weighted by molar-refractivity contribution is -0.137. The molecule has 0 spiro atoms. The van der Waals surface area contributed by atoms with E-state index in [4.69, 9.17) is 4.52 Å². The van der Waals surface area contributed by atoms with Crippen molar-refractivity contribution in [2.24, 2.45) is 0 Å². The summed E-state index contributed by atoms with van der Waals surface area (Å²) in [5, 5.41) is 16.1. The van der Waals surface area contributed by atoms with Gasteiger partial charge in [0.05, 0.1) is 12.2 Å². The molecule has 2 aromatic carbocycles. The van der Waals surface area contributed by atoms with E-state index >= 15 is 0 Å². The molecule has 1 amide bonds. The molecule has 7 nitrogen and oxygen atoms in total. The normalized spacial score (nSPS) is 12.8. The molecule has 4 aromatic rings. The Morgan fingerprint density at radius 3 is 2.61 bits per heavy atom. The molecule has 2 aromatic heterocycles. The van der Waals surface area contributed by atoms with Gasteiger partial charge >= 0.3 is 6.18 Å². The molecule has 2 heterocycles. The number of benzene rings is 2. The van der Waals surface area contributed by atoms with Crippen molar-refractivity contribution < 1.29 is 32.0 Å². The van der Waals surface area contributed by atoms with E-state index < -0.39 is 36.1 Å². The van der Waals surface area contributed by atoms with Crippen molar-refractivity contribution in [3.63, 3.8) is 0 Å². The van der Waals surface area contributed by atoms with Gasteiger partial charge in [0.25, 0.3) is 11.8 Å². The van der Waals surface area contributed by atoms with Crippen molar-refractivity contribution in [3.8, 4) is 11.4 Å². The van der Waals surface area contributed by atoms with Gasteiger partial charge in [0.2, 0.25) is 5.82 Å². The zero-order valence-corrected chi connectivity index (χ0v) is 15.6. The molecule has 0 radical (unpaired) electrons. The van der Waals surface area contributed by atoms with Crippen molar-refractivity contribution in [1.82, 2.24) is 20.4 Å². The topological polar surface area (TPSA) is 104 Å². The number of rotatable bonds is 5. The Morgan fingerprint density at radius 1 is 1.19 bits per heavy atom. The number of amides is 1. The first-order valence-electron chi connectivity index (χ1n) is 8.96. The van der Waals surface area contributed by atoms with E-state index in [2.05, 4.69) is 20.4 Å². The summed E-state index contributed by atoms with van der Waals surface area (Å²) >= 11 is 0. The van der Waals surface area contributed by atoms with Crippen LogP contribution in [-0.4, -0.2) is 32.7 Å². The van der Waals surface area contributed by atoms with Crippen LogP contribution in [0, 0.1) is 5.82 Å². The first-order valence-corrected chi connectivity index (χ1v) is 8.96. The van der Waals surface area contributed by atoms with Crippen LogP contribution in [0.2, 0.25) is 0 Å². The summed E-state index contributed by atoms with van der Waals surface area (Å²) in [4.78, 5) is 19.2. The molecule has 0 bridgehead atoms. The number of aromatic nitrogens is 3. The molecule has 11 heteroatoms. The monoisotopic (exact) mass is 434 g/mol. The number of nitrogens with one attached hydrogen (secondary N) is 2. The van der Waals surface area contributed by atoms with E-state index in [0.717, 1.165) is 24.3 Å². The van der Waals surface area contributed by atoms with Gasteiger partial charge in [-0.15, -0.1) is 0 Å². The highest BCUT2D eigenvalue weighted by atomic mass is 19.4. The minimum atomic E-state index is -4.52. The Bertz CT molecular complexity index is 1230. The summed E-state index contributed by atoms with van der Waals surface area (Å²) in [7, 11) is 0. The largest absolute Gasteiger partial charge is 0.416 e. The zero-order chi connectivity index (χ0) is 22.2. The highest BCUT2D eigenvalue weighted by Crippen LogP contribution is 2.34. The van der Waals surface area contributed by atoms with Gasteiger partial charge < -0.3 is 19.9 Å². The molecule has 0 saturated carbocycles. The van der Waals surface area contributed by atoms with Crippen molar-refractivity contribution in [2.75, 3.05) is 6.61 Å². The molecular weight excluding hydrogens is 420 g/mol. The second-order valence-corrected chi connectivity index (χ2v) is 6.63. The van der Waals surface area contributed by atoms with Gasteiger partial charge in [0.15, 0.2) is 0 Å². The molecule has 3 N–H and O–H groups in total. The maximum absolute atomic E-state index is 13.0. The number of carbonyl (C=O) groups excluding carboxylic acids is 1. The third kappa shape index (κ3) is 4.12. The number of H-pyrrole nitrogens is 1. The average molecular weight is 434 g/mol. The summed E-state index contributed by atoms with van der Waals surface area (Å²) in [6.07, 6.45) is -3.08. The number of aromatic amines is 1. The summed E-state index contributed by atoms with van der Waals surface area (Å²) in [5.74, 6) is -1.28. The summed E-state index contributed by atoms with van der Waals surface area (Å²) in [6.45, 7) is -0.583. The minimum Gasteiger partial charge on any atom is -0.394 e. The molecule has 0 unspecified atom stereocenters. The van der Waals surface area contributed by atoms with Gasteiger partial charge in [-0.3, -0.25) is 4.79 Å². The Balaban J connectivity index is 1.61. The van der Waals surface area contributed by atoms with Crippen LogP contribution >= 0.6 is 0 Å². The number of carbonyl (C=O) groups is 1. The Kier molecular flexibility index (Phi) is 5.19. The number of alkyl halides is 3. The van der Waals surface area contributed by atoms with Crippen molar-refractivity contribution >= 4 is 16.8 Å². The predicted octanol–water partition coefficient (Wildman–Crippen LogP) is 3.84. The van der Waals surface area contributed by atoms with Gasteiger partial charge in [-0.1, -0.05) is 5.16 Å². The number of aliphatic hydroxyl groups excluding tert-OH is 1. The second kappa shape index (κ2) is 7.84. The zero-order valence-electron chi connectivity index (χ0n) is 15.6. The number of nitrogens with zero attached hydrogens (tertiary/aromatic N) is 2. The minimum absolute atomic E-state index is 0.0185. The van der Waals surface area contributed by atoms with Crippen LogP contribution in [0.3, 0.4) is 0 Å². The standard InChI is InChI=1S/C20H14F4N4O3/c21-12-4-1-10(2-5-12)18(30)26-16(9-29)19-27-17(28-31-19)14-8-25-15-6-3-11(7-13(14)15)20(22,23)24/h1-8,16,25,29H,9H2,(H,26,30)/t16-/m0/s1. The fourth-order valence-electron chi connectivity index (χ4n) is 3.00. The molecule has 31 heavy (non-hydrogen) atoms. The highest BCUT2D eigenvalue weighted by molar-refractivity contribution is 5.95. The molecule has 0 aliphatic rings. The van der Waals surface area contributed by atoms with Crippen LogP contribution in [-0.2, 0) is 6.18 Å². The molecule has 0 aliphatic heterocycles. The number of hydrogen-bond acceptors (Lipinski definition) is 5. The lowest BCUT2D eigenvalue weighted by atomic mass is 10.1. The third-order valence-corrected chi connectivity index (χ3v) is 4.58. The average Bonchev–Trinajstić information content (AvgIpc) is 3.38. The summed E-state index contributed by atoms with van der Waals surface area (Å²) in [6, 6.07) is 6.90. The molecule has 160 valence electrons. The van der Waals surface area contributed by atoms with E-state index in [1.54, 1.807) is 0 Å². The SMILES string of the molecule is O=C(N[C@@H](CO)c1nc(-c2c[nH]c3ccc(C(F)(F)F)cc23)no1)c1ccc(F)cc1. The Hall–Kier alpha value is -3.73. The smallest absolute Gasteiger partial charge is 0.394 e. The van der Waals surface area contributed by atoms with E-state index in [9.17, 15) is 27.5 Å². The third-order valence-electron chi connectivity index (χ3n) is 4.58. The first-order chi connectivity index (χ1) is 14.8.